The average molecular weight is 432 g/mol. The maximum Gasteiger partial charge on any atom is 0.251 e. The van der Waals surface area contributed by atoms with Gasteiger partial charge in [0, 0.05) is 12.1 Å². The Balaban J connectivity index is 1.72. The Morgan fingerprint density at radius 3 is 2.60 bits per heavy atom. The molecule has 0 fully saturated rings. The van der Waals surface area contributed by atoms with Crippen LogP contribution in [0.4, 0.5) is 4.39 Å². The van der Waals surface area contributed by atoms with Crippen LogP contribution in [0.25, 0.3) is 0 Å². The summed E-state index contributed by atoms with van der Waals surface area (Å²) in [5, 5.41) is 2.68. The van der Waals surface area contributed by atoms with Crippen LogP contribution in [0.2, 0.25) is 0 Å². The normalized spacial score (nSPS) is 11.3. The third-order valence-electron chi connectivity index (χ3n) is 4.45. The van der Waals surface area contributed by atoms with E-state index in [-0.39, 0.29) is 29.3 Å². The van der Waals surface area contributed by atoms with Gasteiger partial charge in [0.1, 0.15) is 5.76 Å². The first-order valence-corrected chi connectivity index (χ1v) is 10.5. The van der Waals surface area contributed by atoms with Gasteiger partial charge in [-0.1, -0.05) is 12.1 Å². The Morgan fingerprint density at radius 1 is 1.13 bits per heavy atom. The smallest absolute Gasteiger partial charge is 0.251 e. The number of halogens is 1. The summed E-state index contributed by atoms with van der Waals surface area (Å²) in [6, 6.07) is 12.0. The molecule has 0 saturated carbocycles. The molecule has 1 aromatic heterocycles. The van der Waals surface area contributed by atoms with Gasteiger partial charge in [0.25, 0.3) is 5.91 Å². The highest BCUT2D eigenvalue weighted by Crippen LogP contribution is 2.19. The zero-order chi connectivity index (χ0) is 21.7. The number of furan rings is 1. The molecule has 3 rings (SSSR count). The SMILES string of the molecule is COc1ccc(CNC(=O)c2cc(S(=O)(=O)NCc3ccco3)ccc2C)cc1F. The molecular weight excluding hydrogens is 411 g/mol. The molecule has 3 aromatic rings. The fourth-order valence-corrected chi connectivity index (χ4v) is 3.79. The molecule has 0 spiro atoms. The van der Waals surface area contributed by atoms with Gasteiger partial charge >= 0.3 is 0 Å². The lowest BCUT2D eigenvalue weighted by Gasteiger charge is -2.11. The Kier molecular flexibility index (Phi) is 6.53. The number of carbonyl (C=O) groups excluding carboxylic acids is 1. The second kappa shape index (κ2) is 9.10. The molecule has 0 aliphatic rings. The van der Waals surface area contributed by atoms with E-state index in [1.54, 1.807) is 31.2 Å². The average Bonchev–Trinajstić information content (AvgIpc) is 3.24. The van der Waals surface area contributed by atoms with Gasteiger partial charge < -0.3 is 14.5 Å². The minimum atomic E-state index is -3.84. The molecule has 158 valence electrons. The lowest BCUT2D eigenvalue weighted by molar-refractivity contribution is 0.0950. The number of amides is 1. The van der Waals surface area contributed by atoms with Gasteiger partial charge in [0.15, 0.2) is 11.6 Å². The van der Waals surface area contributed by atoms with E-state index in [1.165, 1.54) is 37.6 Å². The van der Waals surface area contributed by atoms with Gasteiger partial charge in [-0.2, -0.15) is 0 Å². The van der Waals surface area contributed by atoms with E-state index in [0.29, 0.717) is 16.9 Å². The predicted octanol–water partition coefficient (Wildman–Crippen LogP) is 3.14. The number of carbonyl (C=O) groups is 1. The van der Waals surface area contributed by atoms with E-state index in [1.807, 2.05) is 0 Å². The van der Waals surface area contributed by atoms with Crippen LogP contribution in [0.5, 0.6) is 5.75 Å². The molecule has 7 nitrogen and oxygen atoms in total. The molecule has 30 heavy (non-hydrogen) atoms. The van der Waals surface area contributed by atoms with Crippen LogP contribution in [-0.4, -0.2) is 21.4 Å². The number of rotatable bonds is 8. The van der Waals surface area contributed by atoms with Gasteiger partial charge in [0.05, 0.1) is 24.8 Å². The lowest BCUT2D eigenvalue weighted by Crippen LogP contribution is -2.26. The van der Waals surface area contributed by atoms with Crippen LogP contribution < -0.4 is 14.8 Å². The van der Waals surface area contributed by atoms with Gasteiger partial charge in [0.2, 0.25) is 10.0 Å². The monoisotopic (exact) mass is 432 g/mol. The van der Waals surface area contributed by atoms with Crippen molar-refractivity contribution in [2.24, 2.45) is 0 Å². The van der Waals surface area contributed by atoms with Crippen LogP contribution in [-0.2, 0) is 23.1 Å². The highest BCUT2D eigenvalue weighted by Gasteiger charge is 2.18. The number of sulfonamides is 1. The summed E-state index contributed by atoms with van der Waals surface area (Å²) in [6.45, 7) is 1.77. The second-order valence-electron chi connectivity index (χ2n) is 6.53. The van der Waals surface area contributed by atoms with E-state index in [4.69, 9.17) is 9.15 Å². The Labute approximate surface area is 173 Å². The van der Waals surface area contributed by atoms with Crippen molar-refractivity contribution in [2.75, 3.05) is 7.11 Å². The standard InChI is InChI=1S/C21H21FN2O5S/c1-14-5-7-17(30(26,27)24-13-16-4-3-9-29-16)11-18(14)21(25)23-12-15-6-8-20(28-2)19(22)10-15/h3-11,24H,12-13H2,1-2H3,(H,23,25). The fourth-order valence-electron chi connectivity index (χ4n) is 2.77. The summed E-state index contributed by atoms with van der Waals surface area (Å²) in [5.74, 6) is -0.417. The topological polar surface area (TPSA) is 97.6 Å². The van der Waals surface area contributed by atoms with Crippen molar-refractivity contribution >= 4 is 15.9 Å². The summed E-state index contributed by atoms with van der Waals surface area (Å²) < 4.78 is 51.3. The number of benzene rings is 2. The third kappa shape index (κ3) is 5.05. The van der Waals surface area contributed by atoms with Gasteiger partial charge in [-0.05, 0) is 54.4 Å². The minimum absolute atomic E-state index is 0.00618. The molecule has 0 aliphatic carbocycles. The molecule has 1 heterocycles. The van der Waals surface area contributed by atoms with E-state index >= 15 is 0 Å². The van der Waals surface area contributed by atoms with Crippen molar-refractivity contribution in [2.45, 2.75) is 24.9 Å². The van der Waals surface area contributed by atoms with Crippen LogP contribution in [0, 0.1) is 12.7 Å². The maximum absolute atomic E-state index is 13.8. The highest BCUT2D eigenvalue weighted by atomic mass is 32.2. The number of ether oxygens (including phenoxy) is 1. The van der Waals surface area contributed by atoms with Crippen molar-refractivity contribution in [1.29, 1.82) is 0 Å². The van der Waals surface area contributed by atoms with Crippen molar-refractivity contribution in [3.05, 3.63) is 83.1 Å². The van der Waals surface area contributed by atoms with Crippen molar-refractivity contribution < 1.29 is 26.8 Å². The minimum Gasteiger partial charge on any atom is -0.494 e. The molecular formula is C21H21FN2O5S. The van der Waals surface area contributed by atoms with Crippen LogP contribution in [0.15, 0.2) is 64.1 Å². The molecule has 2 aromatic carbocycles. The molecule has 0 unspecified atom stereocenters. The lowest BCUT2D eigenvalue weighted by atomic mass is 10.1. The first-order chi connectivity index (χ1) is 14.3. The summed E-state index contributed by atoms with van der Waals surface area (Å²) >= 11 is 0. The highest BCUT2D eigenvalue weighted by molar-refractivity contribution is 7.89. The number of nitrogens with one attached hydrogen (secondary N) is 2. The number of hydrogen-bond donors (Lipinski definition) is 2. The Hall–Kier alpha value is -3.17. The Morgan fingerprint density at radius 2 is 1.93 bits per heavy atom. The quantitative estimate of drug-likeness (QED) is 0.570. The van der Waals surface area contributed by atoms with Crippen molar-refractivity contribution in [1.82, 2.24) is 10.0 Å². The molecule has 0 atom stereocenters. The maximum atomic E-state index is 13.8. The zero-order valence-corrected chi connectivity index (χ0v) is 17.3. The first-order valence-electron chi connectivity index (χ1n) is 9.03. The largest absolute Gasteiger partial charge is 0.494 e. The van der Waals surface area contributed by atoms with E-state index in [2.05, 4.69) is 10.0 Å². The number of hydrogen-bond acceptors (Lipinski definition) is 5. The summed E-state index contributed by atoms with van der Waals surface area (Å²) in [7, 11) is -2.47. The summed E-state index contributed by atoms with van der Waals surface area (Å²) in [4.78, 5) is 12.6. The zero-order valence-electron chi connectivity index (χ0n) is 16.4. The second-order valence-corrected chi connectivity index (χ2v) is 8.30. The fraction of sp³-hybridized carbons (Fsp3) is 0.190. The molecule has 9 heteroatoms. The number of methoxy groups -OCH3 is 1. The van der Waals surface area contributed by atoms with Gasteiger partial charge in [-0.3, -0.25) is 4.79 Å². The third-order valence-corrected chi connectivity index (χ3v) is 5.85. The van der Waals surface area contributed by atoms with Crippen molar-refractivity contribution in [3.63, 3.8) is 0 Å². The molecule has 0 saturated heterocycles. The van der Waals surface area contributed by atoms with E-state index in [9.17, 15) is 17.6 Å². The molecule has 0 bridgehead atoms. The predicted molar refractivity (Wildman–Crippen MR) is 108 cm³/mol. The van der Waals surface area contributed by atoms with Crippen LogP contribution >= 0.6 is 0 Å². The van der Waals surface area contributed by atoms with Gasteiger partial charge in [-0.25, -0.2) is 17.5 Å². The van der Waals surface area contributed by atoms with E-state index < -0.39 is 21.7 Å². The summed E-state index contributed by atoms with van der Waals surface area (Å²) in [6.07, 6.45) is 1.45. The van der Waals surface area contributed by atoms with Crippen LogP contribution in [0.3, 0.4) is 0 Å². The summed E-state index contributed by atoms with van der Waals surface area (Å²) in [5.41, 5.74) is 1.37. The number of aryl methyl sites for hydroxylation is 1. The first kappa shape index (κ1) is 21.5. The molecule has 2 N–H and O–H groups in total. The Bertz CT molecular complexity index is 1140. The molecule has 0 aliphatic heterocycles. The molecule has 1 amide bonds. The van der Waals surface area contributed by atoms with E-state index in [0.717, 1.165) is 0 Å². The van der Waals surface area contributed by atoms with Crippen molar-refractivity contribution in [3.8, 4) is 5.75 Å². The van der Waals surface area contributed by atoms with Gasteiger partial charge in [-0.15, -0.1) is 0 Å². The molecule has 0 radical (unpaired) electrons. The van der Waals surface area contributed by atoms with Crippen LogP contribution in [0.1, 0.15) is 27.2 Å².